The van der Waals surface area contributed by atoms with Gasteiger partial charge in [0.15, 0.2) is 0 Å². The summed E-state index contributed by atoms with van der Waals surface area (Å²) in [6.07, 6.45) is 7.97. The SMILES string of the molecule is CC(NCCCOC1CCCCC1)c1ccc(F)c(Br)c1. The number of nitrogens with one attached hydrogen (secondary N) is 1. The summed E-state index contributed by atoms with van der Waals surface area (Å²) < 4.78 is 19.6. The second-order valence-electron chi connectivity index (χ2n) is 5.83. The monoisotopic (exact) mass is 357 g/mol. The van der Waals surface area contributed by atoms with E-state index in [-0.39, 0.29) is 11.9 Å². The van der Waals surface area contributed by atoms with Crippen LogP contribution in [0.4, 0.5) is 4.39 Å². The Hall–Kier alpha value is -0.450. The third-order valence-corrected chi connectivity index (χ3v) is 4.73. The van der Waals surface area contributed by atoms with E-state index >= 15 is 0 Å². The molecule has 2 nitrogen and oxygen atoms in total. The Labute approximate surface area is 135 Å². The lowest BCUT2D eigenvalue weighted by Crippen LogP contribution is -2.23. The van der Waals surface area contributed by atoms with Crippen LogP contribution in [0.1, 0.15) is 57.1 Å². The molecule has 0 saturated heterocycles. The normalized spacial score (nSPS) is 17.9. The van der Waals surface area contributed by atoms with Crippen molar-refractivity contribution in [2.45, 2.75) is 57.6 Å². The average Bonchev–Trinajstić information content (AvgIpc) is 2.50. The zero-order valence-corrected chi connectivity index (χ0v) is 14.3. The van der Waals surface area contributed by atoms with E-state index < -0.39 is 0 Å². The van der Waals surface area contributed by atoms with Crippen LogP contribution in [0.3, 0.4) is 0 Å². The molecule has 1 aromatic carbocycles. The highest BCUT2D eigenvalue weighted by molar-refractivity contribution is 9.10. The molecule has 1 saturated carbocycles. The number of hydrogen-bond donors (Lipinski definition) is 1. The molecule has 1 aliphatic carbocycles. The fraction of sp³-hybridized carbons (Fsp3) is 0.647. The quantitative estimate of drug-likeness (QED) is 0.695. The molecule has 0 heterocycles. The molecule has 2 rings (SSSR count). The predicted octanol–water partition coefficient (Wildman–Crippen LogP) is 4.98. The molecule has 0 aromatic heterocycles. The molecule has 0 spiro atoms. The van der Waals surface area contributed by atoms with Crippen LogP contribution in [-0.4, -0.2) is 19.3 Å². The van der Waals surface area contributed by atoms with Gasteiger partial charge in [0.25, 0.3) is 0 Å². The first-order valence-corrected chi connectivity index (χ1v) is 8.76. The molecular weight excluding hydrogens is 333 g/mol. The van der Waals surface area contributed by atoms with Gasteiger partial charge in [-0.2, -0.15) is 0 Å². The van der Waals surface area contributed by atoms with Crippen LogP contribution in [-0.2, 0) is 4.74 Å². The maximum absolute atomic E-state index is 13.2. The highest BCUT2D eigenvalue weighted by Gasteiger charge is 2.13. The second-order valence-corrected chi connectivity index (χ2v) is 6.69. The van der Waals surface area contributed by atoms with Crippen molar-refractivity contribution in [3.05, 3.63) is 34.1 Å². The first kappa shape index (κ1) is 16.9. The van der Waals surface area contributed by atoms with E-state index in [9.17, 15) is 4.39 Å². The Balaban J connectivity index is 1.62. The minimum absolute atomic E-state index is 0.216. The molecule has 1 aliphatic rings. The van der Waals surface area contributed by atoms with Crippen molar-refractivity contribution in [2.75, 3.05) is 13.2 Å². The first-order valence-electron chi connectivity index (χ1n) is 7.97. The summed E-state index contributed by atoms with van der Waals surface area (Å²) >= 11 is 3.23. The average molecular weight is 358 g/mol. The number of rotatable bonds is 7. The molecule has 1 unspecified atom stereocenters. The number of halogens is 2. The standard InChI is InChI=1S/C17H25BrFNO/c1-13(14-8-9-17(19)16(18)12-14)20-10-5-11-21-15-6-3-2-4-7-15/h8-9,12-13,15,20H,2-7,10-11H2,1H3. The van der Waals surface area contributed by atoms with E-state index in [1.807, 2.05) is 12.1 Å². The minimum atomic E-state index is -0.216. The topological polar surface area (TPSA) is 21.3 Å². The van der Waals surface area contributed by atoms with Gasteiger partial charge in [0.2, 0.25) is 0 Å². The van der Waals surface area contributed by atoms with Gasteiger partial charge in [0, 0.05) is 12.6 Å². The fourth-order valence-corrected chi connectivity index (χ4v) is 3.17. The van der Waals surface area contributed by atoms with Crippen LogP contribution in [0, 0.1) is 5.82 Å². The van der Waals surface area contributed by atoms with E-state index in [2.05, 4.69) is 28.2 Å². The lowest BCUT2D eigenvalue weighted by atomic mass is 9.98. The van der Waals surface area contributed by atoms with Crippen molar-refractivity contribution < 1.29 is 9.13 Å². The Bertz CT molecular complexity index is 435. The zero-order chi connectivity index (χ0) is 15.1. The summed E-state index contributed by atoms with van der Waals surface area (Å²) in [6.45, 7) is 3.85. The summed E-state index contributed by atoms with van der Waals surface area (Å²) in [5, 5.41) is 3.46. The maximum atomic E-state index is 13.2. The summed E-state index contributed by atoms with van der Waals surface area (Å²) in [4.78, 5) is 0. The van der Waals surface area contributed by atoms with Crippen molar-refractivity contribution in [2.24, 2.45) is 0 Å². The summed E-state index contributed by atoms with van der Waals surface area (Å²) in [6, 6.07) is 5.39. The summed E-state index contributed by atoms with van der Waals surface area (Å²) in [7, 11) is 0. The summed E-state index contributed by atoms with van der Waals surface area (Å²) in [5.41, 5.74) is 1.09. The van der Waals surface area contributed by atoms with Crippen molar-refractivity contribution in [1.29, 1.82) is 0 Å². The van der Waals surface area contributed by atoms with Crippen LogP contribution in [0.25, 0.3) is 0 Å². The van der Waals surface area contributed by atoms with Gasteiger partial charge in [-0.1, -0.05) is 25.3 Å². The lowest BCUT2D eigenvalue weighted by molar-refractivity contribution is 0.0271. The smallest absolute Gasteiger partial charge is 0.137 e. The van der Waals surface area contributed by atoms with Crippen LogP contribution in [0.15, 0.2) is 22.7 Å². The minimum Gasteiger partial charge on any atom is -0.378 e. The van der Waals surface area contributed by atoms with Gasteiger partial charge in [0.05, 0.1) is 10.6 Å². The number of benzene rings is 1. The van der Waals surface area contributed by atoms with Gasteiger partial charge < -0.3 is 10.1 Å². The van der Waals surface area contributed by atoms with Gasteiger partial charge in [-0.05, 0) is 66.4 Å². The highest BCUT2D eigenvalue weighted by Crippen LogP contribution is 2.22. The molecule has 1 aromatic rings. The molecule has 1 atom stereocenters. The first-order chi connectivity index (χ1) is 10.2. The van der Waals surface area contributed by atoms with Gasteiger partial charge in [0.1, 0.15) is 5.82 Å². The predicted molar refractivity (Wildman–Crippen MR) is 88.0 cm³/mol. The molecule has 1 N–H and O–H groups in total. The molecular formula is C17H25BrFNO. The van der Waals surface area contributed by atoms with E-state index in [1.165, 1.54) is 38.2 Å². The van der Waals surface area contributed by atoms with Crippen LogP contribution >= 0.6 is 15.9 Å². The molecule has 4 heteroatoms. The van der Waals surface area contributed by atoms with E-state index in [4.69, 9.17) is 4.74 Å². The molecule has 0 amide bonds. The van der Waals surface area contributed by atoms with E-state index in [1.54, 1.807) is 0 Å². The maximum Gasteiger partial charge on any atom is 0.137 e. The Morgan fingerprint density at radius 1 is 1.33 bits per heavy atom. The van der Waals surface area contributed by atoms with Crippen molar-refractivity contribution in [3.63, 3.8) is 0 Å². The Morgan fingerprint density at radius 3 is 2.81 bits per heavy atom. The summed E-state index contributed by atoms with van der Waals surface area (Å²) in [5.74, 6) is -0.216. The third-order valence-electron chi connectivity index (χ3n) is 4.12. The van der Waals surface area contributed by atoms with E-state index in [0.717, 1.165) is 25.1 Å². The molecule has 118 valence electrons. The van der Waals surface area contributed by atoms with Crippen LogP contribution in [0.5, 0.6) is 0 Å². The lowest BCUT2D eigenvalue weighted by Gasteiger charge is -2.22. The molecule has 0 radical (unpaired) electrons. The van der Waals surface area contributed by atoms with Crippen LogP contribution < -0.4 is 5.32 Å². The fourth-order valence-electron chi connectivity index (χ4n) is 2.77. The molecule has 0 aliphatic heterocycles. The van der Waals surface area contributed by atoms with Crippen molar-refractivity contribution in [1.82, 2.24) is 5.32 Å². The van der Waals surface area contributed by atoms with Gasteiger partial charge in [-0.15, -0.1) is 0 Å². The molecule has 1 fully saturated rings. The van der Waals surface area contributed by atoms with Crippen molar-refractivity contribution >= 4 is 15.9 Å². The largest absolute Gasteiger partial charge is 0.378 e. The molecule has 21 heavy (non-hydrogen) atoms. The van der Waals surface area contributed by atoms with Crippen LogP contribution in [0.2, 0.25) is 0 Å². The number of ether oxygens (including phenoxy) is 1. The van der Waals surface area contributed by atoms with Gasteiger partial charge >= 0.3 is 0 Å². The number of hydrogen-bond acceptors (Lipinski definition) is 2. The third kappa shape index (κ3) is 5.68. The Morgan fingerprint density at radius 2 is 2.10 bits per heavy atom. The molecule has 0 bridgehead atoms. The zero-order valence-electron chi connectivity index (χ0n) is 12.7. The Kier molecular flexibility index (Phi) is 7.14. The second kappa shape index (κ2) is 8.86. The van der Waals surface area contributed by atoms with E-state index in [0.29, 0.717) is 10.6 Å². The van der Waals surface area contributed by atoms with Gasteiger partial charge in [-0.25, -0.2) is 4.39 Å². The highest BCUT2D eigenvalue weighted by atomic mass is 79.9. The van der Waals surface area contributed by atoms with Gasteiger partial charge in [-0.3, -0.25) is 0 Å². The van der Waals surface area contributed by atoms with Crippen molar-refractivity contribution in [3.8, 4) is 0 Å².